The molecule has 0 aliphatic heterocycles. The summed E-state index contributed by atoms with van der Waals surface area (Å²) in [5.41, 5.74) is 2.41. The number of halogens is 1. The van der Waals surface area contributed by atoms with Crippen molar-refractivity contribution in [1.82, 2.24) is 14.3 Å². The summed E-state index contributed by atoms with van der Waals surface area (Å²) in [7, 11) is 2.00. The van der Waals surface area contributed by atoms with Gasteiger partial charge in [0.2, 0.25) is 0 Å². The van der Waals surface area contributed by atoms with E-state index in [2.05, 4.69) is 16.8 Å². The van der Waals surface area contributed by atoms with Gasteiger partial charge in [-0.05, 0) is 37.7 Å². The van der Waals surface area contributed by atoms with Crippen LogP contribution in [0.15, 0.2) is 59.5 Å². The molecule has 0 aliphatic carbocycles. The Morgan fingerprint density at radius 2 is 1.96 bits per heavy atom. The maximum atomic E-state index is 12.2. The van der Waals surface area contributed by atoms with E-state index < -0.39 is 0 Å². The molecular weight excluding hydrogens is 310 g/mol. The molecule has 1 aromatic carbocycles. The van der Waals surface area contributed by atoms with Gasteiger partial charge in [0.1, 0.15) is 5.65 Å². The zero-order valence-corrected chi connectivity index (χ0v) is 13.9. The van der Waals surface area contributed by atoms with Crippen molar-refractivity contribution in [2.75, 3.05) is 7.05 Å². The molecule has 0 N–H and O–H groups in total. The standard InChI is InChI=1S/C18H18ClN3O/c1-13(15-7-3-4-8-16(15)19)21(2)12-14-11-18(23)22-10-6-5-9-17(22)20-14/h3-11,13H,12H2,1-2H3/t13-/m1/s1. The Bertz CT molecular complexity index is 891. The van der Waals surface area contributed by atoms with Gasteiger partial charge in [0.15, 0.2) is 0 Å². The van der Waals surface area contributed by atoms with Gasteiger partial charge in [0.25, 0.3) is 5.56 Å². The third-order valence-electron chi connectivity index (χ3n) is 4.05. The molecule has 0 aliphatic rings. The molecule has 0 radical (unpaired) electrons. The van der Waals surface area contributed by atoms with Crippen LogP contribution in [0.5, 0.6) is 0 Å². The van der Waals surface area contributed by atoms with Crippen LogP contribution in [0, 0.1) is 0 Å². The van der Waals surface area contributed by atoms with E-state index in [1.807, 2.05) is 49.5 Å². The van der Waals surface area contributed by atoms with Gasteiger partial charge in [-0.3, -0.25) is 14.1 Å². The second-order valence-electron chi connectivity index (χ2n) is 5.63. The molecular formula is C18H18ClN3O. The number of hydrogen-bond acceptors (Lipinski definition) is 3. The minimum Gasteiger partial charge on any atom is -0.294 e. The Morgan fingerprint density at radius 1 is 1.22 bits per heavy atom. The summed E-state index contributed by atoms with van der Waals surface area (Å²) in [6.45, 7) is 2.67. The third-order valence-corrected chi connectivity index (χ3v) is 4.40. The summed E-state index contributed by atoms with van der Waals surface area (Å²) < 4.78 is 1.54. The first-order valence-electron chi connectivity index (χ1n) is 7.48. The molecule has 2 heterocycles. The summed E-state index contributed by atoms with van der Waals surface area (Å²) in [5.74, 6) is 0. The molecule has 0 saturated heterocycles. The molecule has 0 saturated carbocycles. The fourth-order valence-corrected chi connectivity index (χ4v) is 2.92. The van der Waals surface area contributed by atoms with Crippen molar-refractivity contribution in [3.05, 3.63) is 81.4 Å². The van der Waals surface area contributed by atoms with Crippen molar-refractivity contribution in [2.24, 2.45) is 0 Å². The number of nitrogens with zero attached hydrogens (tertiary/aromatic N) is 3. The van der Waals surface area contributed by atoms with E-state index in [9.17, 15) is 4.79 Å². The molecule has 1 atom stereocenters. The first-order chi connectivity index (χ1) is 11.1. The Hall–Kier alpha value is -2.17. The predicted molar refractivity (Wildman–Crippen MR) is 92.8 cm³/mol. The molecule has 0 unspecified atom stereocenters. The second-order valence-corrected chi connectivity index (χ2v) is 6.03. The molecule has 2 aromatic heterocycles. The lowest BCUT2D eigenvalue weighted by Crippen LogP contribution is -2.24. The highest BCUT2D eigenvalue weighted by atomic mass is 35.5. The molecule has 0 spiro atoms. The minimum atomic E-state index is -0.0654. The van der Waals surface area contributed by atoms with Crippen LogP contribution in [0.1, 0.15) is 24.2 Å². The van der Waals surface area contributed by atoms with Crippen molar-refractivity contribution in [3.8, 4) is 0 Å². The van der Waals surface area contributed by atoms with Gasteiger partial charge in [-0.2, -0.15) is 0 Å². The highest BCUT2D eigenvalue weighted by molar-refractivity contribution is 6.31. The lowest BCUT2D eigenvalue weighted by molar-refractivity contribution is 0.250. The van der Waals surface area contributed by atoms with Gasteiger partial charge < -0.3 is 0 Å². The molecule has 0 bridgehead atoms. The van der Waals surface area contributed by atoms with Gasteiger partial charge in [-0.15, -0.1) is 0 Å². The number of benzene rings is 1. The predicted octanol–water partition coefficient (Wildman–Crippen LogP) is 3.54. The molecule has 5 heteroatoms. The van der Waals surface area contributed by atoms with Crippen LogP contribution in [0.4, 0.5) is 0 Å². The topological polar surface area (TPSA) is 37.6 Å². The fraction of sp³-hybridized carbons (Fsp3) is 0.222. The van der Waals surface area contributed by atoms with Crippen LogP contribution < -0.4 is 5.56 Å². The van der Waals surface area contributed by atoms with Crippen molar-refractivity contribution in [3.63, 3.8) is 0 Å². The SMILES string of the molecule is C[C@H](c1ccccc1Cl)N(C)Cc1cc(=O)n2ccccc2n1. The second kappa shape index (κ2) is 6.52. The van der Waals surface area contributed by atoms with E-state index in [-0.39, 0.29) is 11.6 Å². The largest absolute Gasteiger partial charge is 0.294 e. The van der Waals surface area contributed by atoms with Gasteiger partial charge >= 0.3 is 0 Å². The first kappa shape index (κ1) is 15.7. The molecule has 3 aromatic rings. The summed E-state index contributed by atoms with van der Waals surface area (Å²) in [6.07, 6.45) is 1.73. The van der Waals surface area contributed by atoms with Crippen LogP contribution in [0.2, 0.25) is 5.02 Å². The molecule has 0 amide bonds. The summed E-state index contributed by atoms with van der Waals surface area (Å²) >= 11 is 6.27. The van der Waals surface area contributed by atoms with Gasteiger partial charge in [-0.25, -0.2) is 4.98 Å². The zero-order valence-electron chi connectivity index (χ0n) is 13.1. The quantitative estimate of drug-likeness (QED) is 0.735. The molecule has 3 rings (SSSR count). The first-order valence-corrected chi connectivity index (χ1v) is 7.86. The Morgan fingerprint density at radius 3 is 2.74 bits per heavy atom. The molecule has 0 fully saturated rings. The molecule has 118 valence electrons. The normalized spacial score (nSPS) is 12.7. The Balaban J connectivity index is 1.87. The number of hydrogen-bond donors (Lipinski definition) is 0. The lowest BCUT2D eigenvalue weighted by atomic mass is 10.1. The number of pyridine rings is 1. The third kappa shape index (κ3) is 3.28. The van der Waals surface area contributed by atoms with Crippen molar-refractivity contribution >= 4 is 17.2 Å². The van der Waals surface area contributed by atoms with Crippen LogP contribution in [-0.4, -0.2) is 21.3 Å². The van der Waals surface area contributed by atoms with Crippen LogP contribution in [-0.2, 0) is 6.54 Å². The number of aromatic nitrogens is 2. The number of rotatable bonds is 4. The van der Waals surface area contributed by atoms with Crippen LogP contribution >= 0.6 is 11.6 Å². The monoisotopic (exact) mass is 327 g/mol. The number of fused-ring (bicyclic) bond motifs is 1. The Kier molecular flexibility index (Phi) is 4.46. The van der Waals surface area contributed by atoms with E-state index in [0.29, 0.717) is 12.2 Å². The highest BCUT2D eigenvalue weighted by Crippen LogP contribution is 2.26. The lowest BCUT2D eigenvalue weighted by Gasteiger charge is -2.25. The van der Waals surface area contributed by atoms with E-state index >= 15 is 0 Å². The summed E-state index contributed by atoms with van der Waals surface area (Å²) in [6, 6.07) is 15.1. The van der Waals surface area contributed by atoms with Crippen molar-refractivity contribution in [1.29, 1.82) is 0 Å². The van der Waals surface area contributed by atoms with E-state index in [0.717, 1.165) is 16.3 Å². The zero-order chi connectivity index (χ0) is 16.4. The summed E-state index contributed by atoms with van der Waals surface area (Å²) in [4.78, 5) is 18.8. The average Bonchev–Trinajstić information content (AvgIpc) is 2.54. The van der Waals surface area contributed by atoms with Gasteiger partial charge in [0.05, 0.1) is 5.69 Å². The maximum Gasteiger partial charge on any atom is 0.258 e. The van der Waals surface area contributed by atoms with Crippen LogP contribution in [0.3, 0.4) is 0 Å². The maximum absolute atomic E-state index is 12.2. The van der Waals surface area contributed by atoms with E-state index in [4.69, 9.17) is 11.6 Å². The molecule has 23 heavy (non-hydrogen) atoms. The van der Waals surface area contributed by atoms with Gasteiger partial charge in [0, 0.05) is 29.9 Å². The molecule has 4 nitrogen and oxygen atoms in total. The van der Waals surface area contributed by atoms with Gasteiger partial charge in [-0.1, -0.05) is 35.9 Å². The fourth-order valence-electron chi connectivity index (χ4n) is 2.63. The van der Waals surface area contributed by atoms with E-state index in [1.54, 1.807) is 16.7 Å². The highest BCUT2D eigenvalue weighted by Gasteiger charge is 2.15. The minimum absolute atomic E-state index is 0.0654. The van der Waals surface area contributed by atoms with Crippen LogP contribution in [0.25, 0.3) is 5.65 Å². The van der Waals surface area contributed by atoms with E-state index in [1.165, 1.54) is 0 Å². The van der Waals surface area contributed by atoms with Crippen molar-refractivity contribution in [2.45, 2.75) is 19.5 Å². The average molecular weight is 328 g/mol. The Labute approximate surface area is 140 Å². The smallest absolute Gasteiger partial charge is 0.258 e. The van der Waals surface area contributed by atoms with Crippen molar-refractivity contribution < 1.29 is 0 Å². The summed E-state index contributed by atoms with van der Waals surface area (Å²) in [5, 5.41) is 0.749.